The zero-order chi connectivity index (χ0) is 18.3. The van der Waals surface area contributed by atoms with E-state index in [-0.39, 0.29) is 23.7 Å². The summed E-state index contributed by atoms with van der Waals surface area (Å²) in [4.78, 5) is 23.1. The smallest absolute Gasteiger partial charge is 0.308 e. The summed E-state index contributed by atoms with van der Waals surface area (Å²) in [6.07, 6.45) is 0. The van der Waals surface area contributed by atoms with Crippen LogP contribution in [-0.2, 0) is 14.8 Å². The Balaban J connectivity index is 1.86. The minimum absolute atomic E-state index is 0.0482. The van der Waals surface area contributed by atoms with E-state index in [2.05, 4.69) is 10.0 Å². The zero-order valence-electron chi connectivity index (χ0n) is 13.6. The molecular formula is C17H18N2O5S. The van der Waals surface area contributed by atoms with Gasteiger partial charge in [-0.15, -0.1) is 0 Å². The molecule has 0 fully saturated rings. The highest BCUT2D eigenvalue weighted by Crippen LogP contribution is 2.13. The van der Waals surface area contributed by atoms with Gasteiger partial charge in [-0.1, -0.05) is 24.3 Å². The Kier molecular flexibility index (Phi) is 6.26. The largest absolute Gasteiger partial charge is 0.427 e. The van der Waals surface area contributed by atoms with Gasteiger partial charge in [0.15, 0.2) is 0 Å². The lowest BCUT2D eigenvalue weighted by molar-refractivity contribution is -0.131. The topological polar surface area (TPSA) is 102 Å². The Bertz CT molecular complexity index is 850. The van der Waals surface area contributed by atoms with Gasteiger partial charge in [-0.3, -0.25) is 9.59 Å². The number of amides is 1. The van der Waals surface area contributed by atoms with Crippen molar-refractivity contribution in [2.75, 3.05) is 13.1 Å². The maximum atomic E-state index is 12.0. The first-order chi connectivity index (χ1) is 11.9. The van der Waals surface area contributed by atoms with Crippen molar-refractivity contribution in [2.24, 2.45) is 0 Å². The van der Waals surface area contributed by atoms with Crippen LogP contribution in [0.1, 0.15) is 17.3 Å². The van der Waals surface area contributed by atoms with Crippen LogP contribution in [0.2, 0.25) is 0 Å². The van der Waals surface area contributed by atoms with Crippen LogP contribution >= 0.6 is 0 Å². The summed E-state index contributed by atoms with van der Waals surface area (Å²) in [6.45, 7) is 1.43. The van der Waals surface area contributed by atoms with Gasteiger partial charge in [0.25, 0.3) is 5.91 Å². The molecule has 2 aromatic rings. The molecule has 0 heterocycles. The summed E-state index contributed by atoms with van der Waals surface area (Å²) in [5, 5.41) is 2.60. The highest BCUT2D eigenvalue weighted by atomic mass is 32.2. The number of hydrogen-bond acceptors (Lipinski definition) is 5. The predicted molar refractivity (Wildman–Crippen MR) is 91.7 cm³/mol. The summed E-state index contributed by atoms with van der Waals surface area (Å²) in [5.74, 6) is -0.606. The first-order valence-electron chi connectivity index (χ1n) is 7.50. The number of sulfonamides is 1. The lowest BCUT2D eigenvalue weighted by Gasteiger charge is -2.09. The molecule has 2 N–H and O–H groups in total. The van der Waals surface area contributed by atoms with Gasteiger partial charge in [0.05, 0.1) is 4.90 Å². The third-order valence-corrected chi connectivity index (χ3v) is 4.59. The molecule has 1 amide bonds. The van der Waals surface area contributed by atoms with E-state index in [0.29, 0.717) is 5.56 Å². The summed E-state index contributed by atoms with van der Waals surface area (Å²) in [7, 11) is -3.60. The van der Waals surface area contributed by atoms with Crippen LogP contribution in [-0.4, -0.2) is 33.4 Å². The molecule has 132 valence electrons. The molecule has 25 heavy (non-hydrogen) atoms. The summed E-state index contributed by atoms with van der Waals surface area (Å²) < 4.78 is 31.4. The van der Waals surface area contributed by atoms with Crippen molar-refractivity contribution >= 4 is 21.9 Å². The van der Waals surface area contributed by atoms with E-state index in [0.717, 1.165) is 0 Å². The maximum Gasteiger partial charge on any atom is 0.308 e. The third kappa shape index (κ3) is 5.70. The molecule has 0 saturated carbocycles. The Labute approximate surface area is 146 Å². The Morgan fingerprint density at radius 3 is 2.40 bits per heavy atom. The molecule has 0 aliphatic rings. The maximum absolute atomic E-state index is 12.0. The van der Waals surface area contributed by atoms with Crippen molar-refractivity contribution in [3.8, 4) is 5.75 Å². The normalized spacial score (nSPS) is 10.9. The molecule has 0 atom stereocenters. The van der Waals surface area contributed by atoms with E-state index in [1.165, 1.54) is 25.1 Å². The van der Waals surface area contributed by atoms with E-state index in [4.69, 9.17) is 4.74 Å². The Morgan fingerprint density at radius 2 is 1.72 bits per heavy atom. The van der Waals surface area contributed by atoms with Gasteiger partial charge in [0.2, 0.25) is 10.0 Å². The molecule has 0 bridgehead atoms. The van der Waals surface area contributed by atoms with Gasteiger partial charge in [-0.05, 0) is 30.3 Å². The van der Waals surface area contributed by atoms with Crippen molar-refractivity contribution < 1.29 is 22.7 Å². The van der Waals surface area contributed by atoms with Crippen LogP contribution < -0.4 is 14.8 Å². The van der Waals surface area contributed by atoms with Gasteiger partial charge in [-0.25, -0.2) is 13.1 Å². The monoisotopic (exact) mass is 362 g/mol. The third-order valence-electron chi connectivity index (χ3n) is 3.11. The van der Waals surface area contributed by atoms with E-state index < -0.39 is 21.9 Å². The molecule has 2 aromatic carbocycles. The van der Waals surface area contributed by atoms with Crippen LogP contribution in [0.3, 0.4) is 0 Å². The molecular weight excluding hydrogens is 344 g/mol. The SMILES string of the molecule is CC(=O)Oc1cccc(C(=O)NCCNS(=O)(=O)c2ccccc2)c1. The van der Waals surface area contributed by atoms with E-state index in [1.54, 1.807) is 36.4 Å². The van der Waals surface area contributed by atoms with E-state index in [1.807, 2.05) is 0 Å². The quantitative estimate of drug-likeness (QED) is 0.439. The number of ether oxygens (including phenoxy) is 1. The molecule has 0 radical (unpaired) electrons. The van der Waals surface area contributed by atoms with Gasteiger partial charge < -0.3 is 10.1 Å². The number of carbonyl (C=O) groups excluding carboxylic acids is 2. The minimum atomic E-state index is -3.60. The fourth-order valence-electron chi connectivity index (χ4n) is 2.01. The highest BCUT2D eigenvalue weighted by molar-refractivity contribution is 7.89. The standard InChI is InChI=1S/C17H18N2O5S/c1-13(20)24-15-7-5-6-14(12-15)17(21)18-10-11-19-25(22,23)16-8-3-2-4-9-16/h2-9,12,19H,10-11H2,1H3,(H,18,21). The molecule has 0 aromatic heterocycles. The van der Waals surface area contributed by atoms with Crippen molar-refractivity contribution in [1.29, 1.82) is 0 Å². The van der Waals surface area contributed by atoms with Crippen LogP contribution in [0.25, 0.3) is 0 Å². The molecule has 2 rings (SSSR count). The number of nitrogens with one attached hydrogen (secondary N) is 2. The van der Waals surface area contributed by atoms with Crippen molar-refractivity contribution in [3.63, 3.8) is 0 Å². The van der Waals surface area contributed by atoms with Gasteiger partial charge >= 0.3 is 5.97 Å². The number of rotatable bonds is 7. The van der Waals surface area contributed by atoms with Gasteiger partial charge in [0.1, 0.15) is 5.75 Å². The lowest BCUT2D eigenvalue weighted by atomic mass is 10.2. The zero-order valence-corrected chi connectivity index (χ0v) is 14.4. The molecule has 8 heteroatoms. The van der Waals surface area contributed by atoms with Crippen LogP contribution in [0, 0.1) is 0 Å². The summed E-state index contributed by atoms with van der Waals surface area (Å²) in [5.41, 5.74) is 0.310. The average molecular weight is 362 g/mol. The fraction of sp³-hybridized carbons (Fsp3) is 0.176. The Hall–Kier alpha value is -2.71. The average Bonchev–Trinajstić information content (AvgIpc) is 2.59. The summed E-state index contributed by atoms with van der Waals surface area (Å²) in [6, 6.07) is 14.1. The molecule has 0 spiro atoms. The number of esters is 1. The first kappa shape index (κ1) is 18.6. The first-order valence-corrected chi connectivity index (χ1v) is 8.98. The molecule has 0 unspecified atom stereocenters. The molecule has 7 nitrogen and oxygen atoms in total. The summed E-state index contributed by atoms with van der Waals surface area (Å²) >= 11 is 0. The van der Waals surface area contributed by atoms with Gasteiger partial charge in [-0.2, -0.15) is 0 Å². The molecule has 0 aliphatic carbocycles. The number of carbonyl (C=O) groups is 2. The Morgan fingerprint density at radius 1 is 1.00 bits per heavy atom. The van der Waals surface area contributed by atoms with Crippen molar-refractivity contribution in [3.05, 3.63) is 60.2 Å². The van der Waals surface area contributed by atoms with Crippen molar-refractivity contribution in [2.45, 2.75) is 11.8 Å². The van der Waals surface area contributed by atoms with Crippen LogP contribution in [0.4, 0.5) is 0 Å². The van der Waals surface area contributed by atoms with E-state index in [9.17, 15) is 18.0 Å². The number of hydrogen-bond donors (Lipinski definition) is 2. The van der Waals surface area contributed by atoms with Crippen molar-refractivity contribution in [1.82, 2.24) is 10.0 Å². The van der Waals surface area contributed by atoms with Crippen LogP contribution in [0.15, 0.2) is 59.5 Å². The lowest BCUT2D eigenvalue weighted by Crippen LogP contribution is -2.34. The predicted octanol–water partition coefficient (Wildman–Crippen LogP) is 1.32. The minimum Gasteiger partial charge on any atom is -0.427 e. The highest BCUT2D eigenvalue weighted by Gasteiger charge is 2.13. The second-order valence-electron chi connectivity index (χ2n) is 5.09. The van der Waals surface area contributed by atoms with E-state index >= 15 is 0 Å². The second kappa shape index (κ2) is 8.41. The fourth-order valence-corrected chi connectivity index (χ4v) is 3.07. The van der Waals surface area contributed by atoms with Gasteiger partial charge in [0, 0.05) is 25.6 Å². The van der Waals surface area contributed by atoms with Crippen LogP contribution in [0.5, 0.6) is 5.75 Å². The molecule has 0 saturated heterocycles. The second-order valence-corrected chi connectivity index (χ2v) is 6.86. The molecule has 0 aliphatic heterocycles. The number of benzene rings is 2.